The standard InChI is InChI=1S/C17H24N6O3S2/c1-4-22(5-2)28(25,26)14-6-7-15-13(12-14)8-10-23(15)16(24)9-11-27-17-18-19-20-21(17)3/h6-7,12H,4-5,8-11H2,1-3H3. The largest absolute Gasteiger partial charge is 0.312 e. The van der Waals surface area contributed by atoms with Gasteiger partial charge in [-0.3, -0.25) is 4.79 Å². The molecule has 9 nitrogen and oxygen atoms in total. The first-order valence-electron chi connectivity index (χ1n) is 9.17. The third-order valence-electron chi connectivity index (χ3n) is 4.72. The van der Waals surface area contributed by atoms with Gasteiger partial charge in [-0.2, -0.15) is 4.31 Å². The number of amides is 1. The van der Waals surface area contributed by atoms with Crippen LogP contribution in [0.5, 0.6) is 0 Å². The van der Waals surface area contributed by atoms with E-state index in [4.69, 9.17) is 0 Å². The van der Waals surface area contributed by atoms with E-state index >= 15 is 0 Å². The number of carbonyl (C=O) groups is 1. The number of aryl methyl sites for hydroxylation is 1. The zero-order valence-corrected chi connectivity index (χ0v) is 17.8. The molecule has 0 atom stereocenters. The van der Waals surface area contributed by atoms with Gasteiger partial charge in [0.2, 0.25) is 21.1 Å². The summed E-state index contributed by atoms with van der Waals surface area (Å²) in [5.74, 6) is 0.591. The normalized spacial score (nSPS) is 13.9. The van der Waals surface area contributed by atoms with Gasteiger partial charge in [0.25, 0.3) is 0 Å². The molecule has 11 heteroatoms. The molecule has 0 bridgehead atoms. The number of carbonyl (C=O) groups excluding carboxylic acids is 1. The van der Waals surface area contributed by atoms with E-state index in [1.807, 2.05) is 13.8 Å². The number of hydrogen-bond donors (Lipinski definition) is 0. The molecule has 3 rings (SSSR count). The second kappa shape index (κ2) is 8.58. The average Bonchev–Trinajstić information content (AvgIpc) is 3.28. The third-order valence-corrected chi connectivity index (χ3v) is 7.78. The van der Waals surface area contributed by atoms with Crippen molar-refractivity contribution in [3.05, 3.63) is 23.8 Å². The topological polar surface area (TPSA) is 101 Å². The number of benzene rings is 1. The van der Waals surface area contributed by atoms with E-state index in [1.165, 1.54) is 16.1 Å². The monoisotopic (exact) mass is 424 g/mol. The summed E-state index contributed by atoms with van der Waals surface area (Å²) < 4.78 is 28.4. The van der Waals surface area contributed by atoms with E-state index in [1.54, 1.807) is 34.8 Å². The summed E-state index contributed by atoms with van der Waals surface area (Å²) in [5, 5.41) is 11.9. The van der Waals surface area contributed by atoms with E-state index in [2.05, 4.69) is 15.5 Å². The van der Waals surface area contributed by atoms with Gasteiger partial charge in [0.05, 0.1) is 4.90 Å². The van der Waals surface area contributed by atoms with Gasteiger partial charge in [0, 0.05) is 44.5 Å². The summed E-state index contributed by atoms with van der Waals surface area (Å²) in [6.07, 6.45) is 1.01. The summed E-state index contributed by atoms with van der Waals surface area (Å²) in [7, 11) is -1.74. The summed E-state index contributed by atoms with van der Waals surface area (Å²) in [4.78, 5) is 14.7. The van der Waals surface area contributed by atoms with Crippen LogP contribution < -0.4 is 4.90 Å². The molecule has 1 aliphatic rings. The molecule has 152 valence electrons. The minimum Gasteiger partial charge on any atom is -0.312 e. The first-order valence-corrected chi connectivity index (χ1v) is 11.6. The second-order valence-corrected chi connectivity index (χ2v) is 9.36. The molecule has 0 aliphatic carbocycles. The predicted octanol–water partition coefficient (Wildman–Crippen LogP) is 1.31. The molecule has 0 unspecified atom stereocenters. The van der Waals surface area contributed by atoms with Crippen molar-refractivity contribution >= 4 is 33.4 Å². The van der Waals surface area contributed by atoms with E-state index < -0.39 is 10.0 Å². The Bertz CT molecular complexity index is 956. The Labute approximate surface area is 169 Å². The van der Waals surface area contributed by atoms with Crippen LogP contribution in [0.15, 0.2) is 28.3 Å². The lowest BCUT2D eigenvalue weighted by Crippen LogP contribution is -2.31. The van der Waals surface area contributed by atoms with Crippen molar-refractivity contribution in [2.45, 2.75) is 36.7 Å². The van der Waals surface area contributed by atoms with Gasteiger partial charge in [-0.25, -0.2) is 13.1 Å². The molecule has 0 N–H and O–H groups in total. The van der Waals surface area contributed by atoms with E-state index in [0.717, 1.165) is 11.3 Å². The van der Waals surface area contributed by atoms with Crippen LogP contribution in [-0.2, 0) is 28.3 Å². The maximum Gasteiger partial charge on any atom is 0.243 e. The number of anilines is 1. The van der Waals surface area contributed by atoms with Crippen LogP contribution in [0.1, 0.15) is 25.8 Å². The Balaban J connectivity index is 1.68. The van der Waals surface area contributed by atoms with Crippen LogP contribution in [0.2, 0.25) is 0 Å². The quantitative estimate of drug-likeness (QED) is 0.589. The van der Waals surface area contributed by atoms with Crippen molar-refractivity contribution in [3.63, 3.8) is 0 Å². The van der Waals surface area contributed by atoms with Crippen molar-refractivity contribution in [2.24, 2.45) is 7.05 Å². The SMILES string of the molecule is CCN(CC)S(=O)(=O)c1ccc2c(c1)CCN2C(=O)CCSc1nnnn1C. The van der Waals surface area contributed by atoms with Crippen LogP contribution in [0.4, 0.5) is 5.69 Å². The number of rotatable bonds is 8. The Hall–Kier alpha value is -1.98. The minimum atomic E-state index is -3.50. The highest BCUT2D eigenvalue weighted by Gasteiger charge is 2.28. The number of aromatic nitrogens is 4. The third kappa shape index (κ3) is 4.06. The Kier molecular flexibility index (Phi) is 6.36. The number of nitrogens with zero attached hydrogens (tertiary/aromatic N) is 6. The van der Waals surface area contributed by atoms with Gasteiger partial charge >= 0.3 is 0 Å². The highest BCUT2D eigenvalue weighted by atomic mass is 32.2. The molecule has 1 aromatic heterocycles. The molecule has 0 saturated carbocycles. The fraction of sp³-hybridized carbons (Fsp3) is 0.529. The van der Waals surface area contributed by atoms with Crippen LogP contribution in [0.25, 0.3) is 0 Å². The van der Waals surface area contributed by atoms with Crippen molar-refractivity contribution in [3.8, 4) is 0 Å². The number of tetrazole rings is 1. The second-order valence-electron chi connectivity index (χ2n) is 6.36. The molecule has 0 fully saturated rings. The smallest absolute Gasteiger partial charge is 0.243 e. The van der Waals surface area contributed by atoms with Gasteiger partial charge in [-0.05, 0) is 40.6 Å². The molecule has 1 aliphatic heterocycles. The van der Waals surface area contributed by atoms with Gasteiger partial charge in [0.15, 0.2) is 0 Å². The summed E-state index contributed by atoms with van der Waals surface area (Å²) >= 11 is 1.43. The summed E-state index contributed by atoms with van der Waals surface area (Å²) in [5.41, 5.74) is 1.69. The zero-order chi connectivity index (χ0) is 20.3. The van der Waals surface area contributed by atoms with Crippen molar-refractivity contribution < 1.29 is 13.2 Å². The van der Waals surface area contributed by atoms with Crippen molar-refractivity contribution in [1.82, 2.24) is 24.5 Å². The molecule has 0 spiro atoms. The Morgan fingerprint density at radius 3 is 2.68 bits per heavy atom. The predicted molar refractivity (Wildman–Crippen MR) is 107 cm³/mol. The molecule has 2 aromatic rings. The molecular formula is C17H24N6O3S2. The molecule has 1 aromatic carbocycles. The highest BCUT2D eigenvalue weighted by molar-refractivity contribution is 7.99. The van der Waals surface area contributed by atoms with Crippen LogP contribution >= 0.6 is 11.8 Å². The highest BCUT2D eigenvalue weighted by Crippen LogP contribution is 2.32. The molecular weight excluding hydrogens is 400 g/mol. The van der Waals surface area contributed by atoms with Gasteiger partial charge in [0.1, 0.15) is 0 Å². The van der Waals surface area contributed by atoms with E-state index in [0.29, 0.717) is 43.4 Å². The molecule has 1 amide bonds. The van der Waals surface area contributed by atoms with Gasteiger partial charge in [-0.1, -0.05) is 25.6 Å². The number of fused-ring (bicyclic) bond motifs is 1. The lowest BCUT2D eigenvalue weighted by Gasteiger charge is -2.20. The first kappa shape index (κ1) is 20.7. The van der Waals surface area contributed by atoms with Gasteiger partial charge in [-0.15, -0.1) is 5.10 Å². The van der Waals surface area contributed by atoms with E-state index in [-0.39, 0.29) is 10.8 Å². The Morgan fingerprint density at radius 1 is 1.29 bits per heavy atom. The number of hydrogen-bond acceptors (Lipinski definition) is 7. The maximum atomic E-state index is 12.7. The minimum absolute atomic E-state index is 0.0146. The van der Waals surface area contributed by atoms with Gasteiger partial charge < -0.3 is 4.90 Å². The van der Waals surface area contributed by atoms with Crippen LogP contribution in [0.3, 0.4) is 0 Å². The summed E-state index contributed by atoms with van der Waals surface area (Å²) in [6.45, 7) is 5.07. The lowest BCUT2D eigenvalue weighted by atomic mass is 10.2. The first-order chi connectivity index (χ1) is 13.4. The van der Waals surface area contributed by atoms with Crippen LogP contribution in [-0.4, -0.2) is 64.2 Å². The number of thioether (sulfide) groups is 1. The van der Waals surface area contributed by atoms with Crippen LogP contribution in [0, 0.1) is 0 Å². The maximum absolute atomic E-state index is 12.7. The Morgan fingerprint density at radius 2 is 2.04 bits per heavy atom. The molecule has 28 heavy (non-hydrogen) atoms. The zero-order valence-electron chi connectivity index (χ0n) is 16.2. The lowest BCUT2D eigenvalue weighted by molar-refractivity contribution is -0.118. The summed E-state index contributed by atoms with van der Waals surface area (Å²) in [6, 6.07) is 5.05. The van der Waals surface area contributed by atoms with Crippen molar-refractivity contribution in [1.29, 1.82) is 0 Å². The molecule has 2 heterocycles. The average molecular weight is 425 g/mol. The molecule has 0 saturated heterocycles. The van der Waals surface area contributed by atoms with Crippen molar-refractivity contribution in [2.75, 3.05) is 30.3 Å². The molecule has 0 radical (unpaired) electrons. The van der Waals surface area contributed by atoms with E-state index in [9.17, 15) is 13.2 Å². The fourth-order valence-electron chi connectivity index (χ4n) is 3.22. The number of sulfonamides is 1. The fourth-order valence-corrected chi connectivity index (χ4v) is 5.50.